The molecule has 1 aromatic carbocycles. The van der Waals surface area contributed by atoms with E-state index in [9.17, 15) is 18.3 Å². The van der Waals surface area contributed by atoms with Gasteiger partial charge in [0, 0.05) is 12.5 Å². The van der Waals surface area contributed by atoms with Crippen molar-refractivity contribution < 1.29 is 27.9 Å². The lowest BCUT2D eigenvalue weighted by Crippen LogP contribution is -2.09. The first-order chi connectivity index (χ1) is 8.85. The molecule has 2 aromatic rings. The highest BCUT2D eigenvalue weighted by Crippen LogP contribution is 2.31. The lowest BCUT2D eigenvalue weighted by atomic mass is 10.2. The second-order valence-electron chi connectivity index (χ2n) is 3.83. The Morgan fingerprint density at radius 2 is 1.95 bits per heavy atom. The van der Waals surface area contributed by atoms with Crippen LogP contribution in [0.2, 0.25) is 0 Å². The molecule has 0 spiro atoms. The second kappa shape index (κ2) is 4.79. The zero-order valence-corrected chi connectivity index (χ0v) is 9.48. The Morgan fingerprint density at radius 3 is 2.58 bits per heavy atom. The predicted molar refractivity (Wildman–Crippen MR) is 57.4 cm³/mol. The van der Waals surface area contributed by atoms with Crippen LogP contribution in [0.4, 0.5) is 13.2 Å². The van der Waals surface area contributed by atoms with E-state index in [4.69, 9.17) is 9.63 Å². The van der Waals surface area contributed by atoms with Crippen LogP contribution in [0.3, 0.4) is 0 Å². The van der Waals surface area contributed by atoms with Crippen LogP contribution in [0.15, 0.2) is 22.7 Å². The molecule has 8 heteroatoms. The molecule has 0 unspecified atom stereocenters. The van der Waals surface area contributed by atoms with E-state index in [0.29, 0.717) is 0 Å². The topological polar surface area (TPSA) is 79.4 Å². The first kappa shape index (κ1) is 13.2. The number of phenolic OH excluding ortho intramolecular Hbond substituents is 2. The number of hydrogen-bond acceptors (Lipinski definition) is 5. The van der Waals surface area contributed by atoms with E-state index in [1.807, 2.05) is 0 Å². The van der Waals surface area contributed by atoms with E-state index in [-0.39, 0.29) is 28.8 Å². The number of alkyl halides is 3. The highest BCUT2D eigenvalue weighted by atomic mass is 19.4. The average Bonchev–Trinajstić information content (AvgIpc) is 2.74. The molecule has 0 amide bonds. The van der Waals surface area contributed by atoms with Gasteiger partial charge in [-0.15, -0.1) is 0 Å². The van der Waals surface area contributed by atoms with Crippen LogP contribution in [0.25, 0.3) is 11.5 Å². The Labute approximate surface area is 105 Å². The number of nitrogens with zero attached hydrogens (tertiary/aromatic N) is 2. The summed E-state index contributed by atoms with van der Waals surface area (Å²) in [6.07, 6.45) is -5.74. The Morgan fingerprint density at radius 1 is 1.21 bits per heavy atom. The molecular weight excluding hydrogens is 265 g/mol. The quantitative estimate of drug-likeness (QED) is 0.899. The third-order valence-corrected chi connectivity index (χ3v) is 2.31. The molecule has 0 aliphatic heterocycles. The van der Waals surface area contributed by atoms with Gasteiger partial charge < -0.3 is 14.7 Å². The van der Waals surface area contributed by atoms with E-state index in [0.717, 1.165) is 6.07 Å². The molecule has 0 saturated carbocycles. The molecule has 1 aromatic heterocycles. The Hall–Kier alpha value is -2.25. The van der Waals surface area contributed by atoms with Gasteiger partial charge in [-0.25, -0.2) is 0 Å². The van der Waals surface area contributed by atoms with Crippen LogP contribution in [-0.4, -0.2) is 26.5 Å². The summed E-state index contributed by atoms with van der Waals surface area (Å²) in [5.41, 5.74) is 0.142. The first-order valence-electron chi connectivity index (χ1n) is 5.27. The number of rotatable bonds is 3. The van der Waals surface area contributed by atoms with Crippen LogP contribution >= 0.6 is 0 Å². The number of hydrogen-bond donors (Lipinski definition) is 2. The van der Waals surface area contributed by atoms with E-state index in [1.54, 1.807) is 0 Å². The molecule has 0 radical (unpaired) electrons. The number of halogens is 3. The van der Waals surface area contributed by atoms with E-state index in [1.165, 1.54) is 12.1 Å². The summed E-state index contributed by atoms with van der Waals surface area (Å²) in [7, 11) is 0. The molecule has 0 saturated heterocycles. The zero-order valence-electron chi connectivity index (χ0n) is 9.48. The molecule has 102 valence electrons. The van der Waals surface area contributed by atoms with Gasteiger partial charge in [-0.1, -0.05) is 5.16 Å². The fourth-order valence-electron chi connectivity index (χ4n) is 1.42. The molecule has 19 heavy (non-hydrogen) atoms. The van der Waals surface area contributed by atoms with Gasteiger partial charge in [0.05, 0.1) is 12.0 Å². The second-order valence-corrected chi connectivity index (χ2v) is 3.83. The minimum Gasteiger partial charge on any atom is -0.508 e. The van der Waals surface area contributed by atoms with Crippen LogP contribution in [0.5, 0.6) is 11.5 Å². The minimum atomic E-state index is -4.29. The molecule has 2 N–H and O–H groups in total. The Balaban J connectivity index is 2.16. The van der Waals surface area contributed by atoms with Crippen LogP contribution in [0, 0.1) is 0 Å². The van der Waals surface area contributed by atoms with Crippen molar-refractivity contribution in [3.05, 3.63) is 24.0 Å². The predicted octanol–water partition coefficient (Wildman–Crippen LogP) is 2.64. The highest BCUT2D eigenvalue weighted by Gasteiger charge is 2.27. The Kier molecular flexibility index (Phi) is 3.32. The highest BCUT2D eigenvalue weighted by molar-refractivity contribution is 5.63. The van der Waals surface area contributed by atoms with Gasteiger partial charge in [-0.3, -0.25) is 0 Å². The number of aromatic nitrogens is 2. The van der Waals surface area contributed by atoms with Crippen molar-refractivity contribution in [2.45, 2.75) is 19.0 Å². The first-order valence-corrected chi connectivity index (χ1v) is 5.27. The molecule has 1 heterocycles. The van der Waals surface area contributed by atoms with Crippen molar-refractivity contribution in [3.63, 3.8) is 0 Å². The van der Waals surface area contributed by atoms with Crippen LogP contribution in [0.1, 0.15) is 12.2 Å². The van der Waals surface area contributed by atoms with Crippen molar-refractivity contribution in [2.75, 3.05) is 0 Å². The van der Waals surface area contributed by atoms with Crippen molar-refractivity contribution in [3.8, 4) is 23.0 Å². The van der Waals surface area contributed by atoms with Gasteiger partial charge in [0.2, 0.25) is 0 Å². The number of aromatic hydroxyl groups is 2. The van der Waals surface area contributed by atoms with Crippen molar-refractivity contribution in [1.29, 1.82) is 0 Å². The fourth-order valence-corrected chi connectivity index (χ4v) is 1.42. The SMILES string of the molecule is Oc1ccc(-c2nc(CCC(F)(F)F)no2)c(O)c1. The van der Waals surface area contributed by atoms with Gasteiger partial charge in [0.25, 0.3) is 5.89 Å². The summed E-state index contributed by atoms with van der Waals surface area (Å²) in [5, 5.41) is 22.1. The van der Waals surface area contributed by atoms with Crippen LogP contribution in [-0.2, 0) is 6.42 Å². The standard InChI is InChI=1S/C11H9F3N2O3/c12-11(13,14)4-3-9-15-10(19-16-9)7-2-1-6(17)5-8(7)18/h1-2,5,17-18H,3-4H2. The molecule has 0 atom stereocenters. The summed E-state index contributed by atoms with van der Waals surface area (Å²) in [6, 6.07) is 3.68. The fraction of sp³-hybridized carbons (Fsp3) is 0.273. The van der Waals surface area contributed by atoms with Gasteiger partial charge >= 0.3 is 6.18 Å². The summed E-state index contributed by atoms with van der Waals surface area (Å²) in [4.78, 5) is 3.75. The third kappa shape index (κ3) is 3.36. The normalized spacial score (nSPS) is 11.7. The minimum absolute atomic E-state index is 0.0974. The molecule has 0 aliphatic rings. The van der Waals surface area contributed by atoms with Crippen molar-refractivity contribution in [1.82, 2.24) is 10.1 Å². The molecule has 0 bridgehead atoms. The molecule has 2 rings (SSSR count). The third-order valence-electron chi connectivity index (χ3n) is 2.31. The van der Waals surface area contributed by atoms with Gasteiger partial charge in [-0.2, -0.15) is 18.2 Å². The van der Waals surface area contributed by atoms with Gasteiger partial charge in [-0.05, 0) is 12.1 Å². The summed E-state index contributed by atoms with van der Waals surface area (Å²) in [6.45, 7) is 0. The zero-order chi connectivity index (χ0) is 14.0. The molecule has 0 fully saturated rings. The number of phenols is 2. The lowest BCUT2D eigenvalue weighted by molar-refractivity contribution is -0.134. The summed E-state index contributed by atoms with van der Waals surface area (Å²) in [5.74, 6) is -0.654. The number of benzene rings is 1. The maximum absolute atomic E-state index is 12.0. The van der Waals surface area contributed by atoms with Crippen molar-refractivity contribution in [2.24, 2.45) is 0 Å². The maximum Gasteiger partial charge on any atom is 0.389 e. The largest absolute Gasteiger partial charge is 0.508 e. The summed E-state index contributed by atoms with van der Waals surface area (Å²) >= 11 is 0. The molecule has 0 aliphatic carbocycles. The van der Waals surface area contributed by atoms with E-state index >= 15 is 0 Å². The van der Waals surface area contributed by atoms with Gasteiger partial charge in [0.1, 0.15) is 11.5 Å². The number of aryl methyl sites for hydroxylation is 1. The van der Waals surface area contributed by atoms with Crippen LogP contribution < -0.4 is 0 Å². The van der Waals surface area contributed by atoms with Gasteiger partial charge in [0.15, 0.2) is 5.82 Å². The van der Waals surface area contributed by atoms with Crippen molar-refractivity contribution >= 4 is 0 Å². The lowest BCUT2D eigenvalue weighted by Gasteiger charge is -2.02. The maximum atomic E-state index is 12.0. The Bertz CT molecular complexity index is 581. The molecule has 5 nitrogen and oxygen atoms in total. The summed E-state index contributed by atoms with van der Waals surface area (Å²) < 4.78 is 40.8. The van der Waals surface area contributed by atoms with E-state index in [2.05, 4.69) is 10.1 Å². The van der Waals surface area contributed by atoms with E-state index < -0.39 is 19.0 Å². The monoisotopic (exact) mass is 274 g/mol. The molecular formula is C11H9F3N2O3. The smallest absolute Gasteiger partial charge is 0.389 e. The average molecular weight is 274 g/mol.